The molecule has 2 aromatic rings. The van der Waals surface area contributed by atoms with E-state index in [1.165, 1.54) is 22.5 Å². The zero-order valence-electron chi connectivity index (χ0n) is 11.8. The van der Waals surface area contributed by atoms with Crippen LogP contribution in [0.15, 0.2) is 24.3 Å². The van der Waals surface area contributed by atoms with E-state index in [2.05, 4.69) is 46.7 Å². The first-order valence-electron chi connectivity index (χ1n) is 6.33. The van der Waals surface area contributed by atoms with Gasteiger partial charge in [-0.25, -0.2) is 0 Å². The standard InChI is InChI=1S/C14H18N4OS/c1-9-4-6-10(7-5-9)8-11-17-18-13(20-11)16-12(19)14(2,3)15/h4-7H,8,15H2,1-3H3,(H,16,18,19). The van der Waals surface area contributed by atoms with Crippen LogP contribution in [-0.4, -0.2) is 21.6 Å². The number of carbonyl (C=O) groups is 1. The number of nitrogens with zero attached hydrogens (tertiary/aromatic N) is 2. The fourth-order valence-electron chi connectivity index (χ4n) is 1.51. The van der Waals surface area contributed by atoms with Crippen LogP contribution in [0.25, 0.3) is 0 Å². The lowest BCUT2D eigenvalue weighted by Gasteiger charge is -2.15. The van der Waals surface area contributed by atoms with Gasteiger partial charge in [-0.2, -0.15) is 0 Å². The number of aryl methyl sites for hydroxylation is 1. The number of amides is 1. The molecule has 0 aliphatic heterocycles. The van der Waals surface area contributed by atoms with E-state index < -0.39 is 5.54 Å². The third kappa shape index (κ3) is 3.85. The van der Waals surface area contributed by atoms with Crippen molar-refractivity contribution in [3.05, 3.63) is 40.4 Å². The number of benzene rings is 1. The average molecular weight is 290 g/mol. The predicted molar refractivity (Wildman–Crippen MR) is 80.8 cm³/mol. The minimum absolute atomic E-state index is 0.268. The fraction of sp³-hybridized carbons (Fsp3) is 0.357. The van der Waals surface area contributed by atoms with Crippen molar-refractivity contribution in [2.45, 2.75) is 32.7 Å². The van der Waals surface area contributed by atoms with Gasteiger partial charge in [-0.1, -0.05) is 41.2 Å². The second-order valence-electron chi connectivity index (χ2n) is 5.34. The van der Waals surface area contributed by atoms with Gasteiger partial charge in [-0.3, -0.25) is 10.1 Å². The lowest BCUT2D eigenvalue weighted by molar-refractivity contribution is -0.120. The zero-order chi connectivity index (χ0) is 14.8. The smallest absolute Gasteiger partial charge is 0.245 e. The van der Waals surface area contributed by atoms with Gasteiger partial charge in [-0.15, -0.1) is 10.2 Å². The van der Waals surface area contributed by atoms with Crippen molar-refractivity contribution in [1.82, 2.24) is 10.2 Å². The van der Waals surface area contributed by atoms with E-state index in [0.717, 1.165) is 5.01 Å². The molecule has 0 bridgehead atoms. The third-order valence-electron chi connectivity index (χ3n) is 2.75. The van der Waals surface area contributed by atoms with E-state index in [9.17, 15) is 4.79 Å². The highest BCUT2D eigenvalue weighted by molar-refractivity contribution is 7.15. The largest absolute Gasteiger partial charge is 0.318 e. The first-order chi connectivity index (χ1) is 9.34. The molecular formula is C14H18N4OS. The summed E-state index contributed by atoms with van der Waals surface area (Å²) >= 11 is 1.37. The summed E-state index contributed by atoms with van der Waals surface area (Å²) in [5.74, 6) is -0.268. The summed E-state index contributed by atoms with van der Waals surface area (Å²) in [6, 6.07) is 8.27. The van der Waals surface area contributed by atoms with Gasteiger partial charge in [-0.05, 0) is 26.3 Å². The average Bonchev–Trinajstić information content (AvgIpc) is 2.78. The van der Waals surface area contributed by atoms with E-state index in [-0.39, 0.29) is 5.91 Å². The molecule has 20 heavy (non-hydrogen) atoms. The molecule has 0 spiro atoms. The lowest BCUT2D eigenvalue weighted by Crippen LogP contribution is -2.45. The van der Waals surface area contributed by atoms with E-state index in [1.807, 2.05) is 0 Å². The summed E-state index contributed by atoms with van der Waals surface area (Å²) < 4.78 is 0. The maximum Gasteiger partial charge on any atom is 0.245 e. The molecule has 106 valence electrons. The molecule has 6 heteroatoms. The van der Waals surface area contributed by atoms with E-state index in [4.69, 9.17) is 5.73 Å². The van der Waals surface area contributed by atoms with Crippen molar-refractivity contribution < 1.29 is 4.79 Å². The van der Waals surface area contributed by atoms with Crippen LogP contribution in [0.1, 0.15) is 30.0 Å². The highest BCUT2D eigenvalue weighted by Gasteiger charge is 2.23. The summed E-state index contributed by atoms with van der Waals surface area (Å²) in [5, 5.41) is 12.1. The molecule has 0 radical (unpaired) electrons. The molecule has 1 aromatic carbocycles. The number of carbonyl (C=O) groups excluding carboxylic acids is 1. The monoisotopic (exact) mass is 290 g/mol. The highest BCUT2D eigenvalue weighted by atomic mass is 32.1. The second-order valence-corrected chi connectivity index (χ2v) is 6.40. The van der Waals surface area contributed by atoms with Crippen LogP contribution in [0.4, 0.5) is 5.13 Å². The maximum absolute atomic E-state index is 11.7. The Balaban J connectivity index is 2.02. The number of rotatable bonds is 4. The number of hydrogen-bond donors (Lipinski definition) is 2. The van der Waals surface area contributed by atoms with Crippen LogP contribution in [0.2, 0.25) is 0 Å². The van der Waals surface area contributed by atoms with Crippen LogP contribution >= 0.6 is 11.3 Å². The SMILES string of the molecule is Cc1ccc(Cc2nnc(NC(=O)C(C)(C)N)s2)cc1. The minimum Gasteiger partial charge on any atom is -0.318 e. The topological polar surface area (TPSA) is 80.9 Å². The molecule has 5 nitrogen and oxygen atoms in total. The molecule has 1 amide bonds. The molecule has 0 fully saturated rings. The van der Waals surface area contributed by atoms with Gasteiger partial charge in [0.2, 0.25) is 11.0 Å². The van der Waals surface area contributed by atoms with Crippen LogP contribution in [-0.2, 0) is 11.2 Å². The van der Waals surface area contributed by atoms with Crippen molar-refractivity contribution in [2.24, 2.45) is 5.73 Å². The summed E-state index contributed by atoms with van der Waals surface area (Å²) in [4.78, 5) is 11.7. The van der Waals surface area contributed by atoms with Gasteiger partial charge in [0.1, 0.15) is 5.01 Å². The Bertz CT molecular complexity index is 598. The Labute approximate surface area is 122 Å². The number of nitrogens with one attached hydrogen (secondary N) is 1. The summed E-state index contributed by atoms with van der Waals surface area (Å²) in [7, 11) is 0. The Morgan fingerprint density at radius 2 is 1.95 bits per heavy atom. The number of anilines is 1. The van der Waals surface area contributed by atoms with E-state index in [1.54, 1.807) is 13.8 Å². The van der Waals surface area contributed by atoms with Crippen LogP contribution in [0, 0.1) is 6.92 Å². The molecule has 0 saturated carbocycles. The first-order valence-corrected chi connectivity index (χ1v) is 7.14. The lowest BCUT2D eigenvalue weighted by atomic mass is 10.1. The van der Waals surface area contributed by atoms with Gasteiger partial charge >= 0.3 is 0 Å². The minimum atomic E-state index is -0.928. The Kier molecular flexibility index (Phi) is 4.15. The Hall–Kier alpha value is -1.79. The second kappa shape index (κ2) is 5.68. The molecule has 1 aromatic heterocycles. The molecule has 0 aliphatic carbocycles. The van der Waals surface area contributed by atoms with Crippen molar-refractivity contribution in [1.29, 1.82) is 0 Å². The van der Waals surface area contributed by atoms with Gasteiger partial charge in [0.15, 0.2) is 0 Å². The predicted octanol–water partition coefficient (Wildman–Crippen LogP) is 2.11. The maximum atomic E-state index is 11.7. The van der Waals surface area contributed by atoms with Crippen LogP contribution in [0.3, 0.4) is 0 Å². The molecule has 0 atom stereocenters. The normalized spacial score (nSPS) is 11.4. The molecular weight excluding hydrogens is 272 g/mol. The molecule has 1 heterocycles. The quantitative estimate of drug-likeness (QED) is 0.903. The van der Waals surface area contributed by atoms with Crippen molar-refractivity contribution in [3.63, 3.8) is 0 Å². The fourth-order valence-corrected chi connectivity index (χ4v) is 2.28. The zero-order valence-corrected chi connectivity index (χ0v) is 12.6. The summed E-state index contributed by atoms with van der Waals surface area (Å²) in [6.07, 6.45) is 0.708. The Morgan fingerprint density at radius 1 is 1.30 bits per heavy atom. The first kappa shape index (κ1) is 14.6. The van der Waals surface area contributed by atoms with Gasteiger partial charge in [0.25, 0.3) is 0 Å². The highest BCUT2D eigenvalue weighted by Crippen LogP contribution is 2.19. The third-order valence-corrected chi connectivity index (χ3v) is 3.59. The van der Waals surface area contributed by atoms with Crippen LogP contribution < -0.4 is 11.1 Å². The van der Waals surface area contributed by atoms with Crippen molar-refractivity contribution in [3.8, 4) is 0 Å². The summed E-state index contributed by atoms with van der Waals surface area (Å²) in [5.41, 5.74) is 7.18. The number of nitrogens with two attached hydrogens (primary N) is 1. The van der Waals surface area contributed by atoms with Gasteiger partial charge < -0.3 is 5.73 Å². The van der Waals surface area contributed by atoms with Gasteiger partial charge in [0.05, 0.1) is 5.54 Å². The van der Waals surface area contributed by atoms with Crippen molar-refractivity contribution >= 4 is 22.4 Å². The molecule has 0 unspecified atom stereocenters. The molecule has 0 aliphatic rings. The molecule has 2 rings (SSSR count). The van der Waals surface area contributed by atoms with Crippen LogP contribution in [0.5, 0.6) is 0 Å². The van der Waals surface area contributed by atoms with E-state index in [0.29, 0.717) is 11.6 Å². The molecule has 0 saturated heterocycles. The number of aromatic nitrogens is 2. The van der Waals surface area contributed by atoms with E-state index >= 15 is 0 Å². The Morgan fingerprint density at radius 3 is 2.55 bits per heavy atom. The van der Waals surface area contributed by atoms with Crippen molar-refractivity contribution in [2.75, 3.05) is 5.32 Å². The van der Waals surface area contributed by atoms with Gasteiger partial charge in [0, 0.05) is 6.42 Å². The number of hydrogen-bond acceptors (Lipinski definition) is 5. The summed E-state index contributed by atoms with van der Waals surface area (Å²) in [6.45, 7) is 5.35. The molecule has 3 N–H and O–H groups in total.